The molecule has 0 radical (unpaired) electrons. The molecule has 12 aliphatic carbocycles. The van der Waals surface area contributed by atoms with Crippen LogP contribution in [0.25, 0.3) is 18.2 Å². The van der Waals surface area contributed by atoms with Gasteiger partial charge in [-0.1, -0.05) is 102 Å². The van der Waals surface area contributed by atoms with Crippen LogP contribution in [0.5, 0.6) is 17.2 Å². The summed E-state index contributed by atoms with van der Waals surface area (Å²) in [6.45, 7) is 19.2. The Balaban J connectivity index is 0.000000120. The number of hydrogen-bond acceptors (Lipinski definition) is 10. The third-order valence-corrected chi connectivity index (χ3v) is 25.2. The van der Waals surface area contributed by atoms with E-state index in [9.17, 15) is 34.8 Å². The van der Waals surface area contributed by atoms with E-state index in [1.54, 1.807) is 39.0 Å². The Kier molecular flexibility index (Phi) is 13.1. The molecule has 3 aromatic rings. The molecule has 0 bridgehead atoms. The zero-order valence-electron chi connectivity index (χ0n) is 48.9. The van der Waals surface area contributed by atoms with Crippen LogP contribution >= 0.6 is 0 Å². The first-order valence-corrected chi connectivity index (χ1v) is 30.1. The fourth-order valence-electron chi connectivity index (χ4n) is 20.7. The number of fused-ring (bicyclic) bond motifs is 11. The molecular formula is C70H87O10-. The minimum Gasteiger partial charge on any atom is -0.870 e. The molecule has 15 rings (SSSR count). The summed E-state index contributed by atoms with van der Waals surface area (Å²) in [5, 5.41) is 49.4. The summed E-state index contributed by atoms with van der Waals surface area (Å²) in [5.74, 6) is 3.30. The van der Waals surface area contributed by atoms with Crippen molar-refractivity contribution in [3.05, 3.63) is 117 Å². The first-order valence-electron chi connectivity index (χ1n) is 30.1. The van der Waals surface area contributed by atoms with Crippen LogP contribution in [0.1, 0.15) is 211 Å². The average Bonchev–Trinajstić information content (AvgIpc) is 4.37. The van der Waals surface area contributed by atoms with Crippen molar-refractivity contribution in [2.24, 2.45) is 50.2 Å². The van der Waals surface area contributed by atoms with Gasteiger partial charge in [0.15, 0.2) is 0 Å². The van der Waals surface area contributed by atoms with Crippen LogP contribution in [0.2, 0.25) is 0 Å². The van der Waals surface area contributed by atoms with Crippen LogP contribution in [-0.4, -0.2) is 59.7 Å². The Hall–Kier alpha value is -5.13. The summed E-state index contributed by atoms with van der Waals surface area (Å²) in [4.78, 5) is 43.0. The Morgan fingerprint density at radius 2 is 1.06 bits per heavy atom. The molecule has 8 fully saturated rings. The van der Waals surface area contributed by atoms with E-state index in [1.807, 2.05) is 36.4 Å². The summed E-state index contributed by atoms with van der Waals surface area (Å²) >= 11 is 0. The number of ketones is 3. The van der Waals surface area contributed by atoms with Crippen LogP contribution in [-0.2, 0) is 35.5 Å². The summed E-state index contributed by atoms with van der Waals surface area (Å²) in [6.07, 6.45) is 30.6. The van der Waals surface area contributed by atoms with Crippen LogP contribution in [0.15, 0.2) is 84.0 Å². The lowest BCUT2D eigenvalue weighted by molar-refractivity contribution is -0.306. The van der Waals surface area contributed by atoms with Gasteiger partial charge < -0.3 is 25.9 Å². The van der Waals surface area contributed by atoms with E-state index in [4.69, 9.17) is 5.26 Å². The number of benzene rings is 3. The molecule has 0 amide bonds. The Bertz CT molecular complexity index is 3230. The van der Waals surface area contributed by atoms with Crippen molar-refractivity contribution in [2.75, 3.05) is 0 Å². The number of aromatic hydroxyl groups is 3. The van der Waals surface area contributed by atoms with Crippen molar-refractivity contribution >= 4 is 35.6 Å². The maximum atomic E-state index is 13.1. The molecule has 0 aliphatic heterocycles. The maximum Gasteiger partial charge on any atom is 0.143 e. The highest BCUT2D eigenvalue weighted by Crippen LogP contribution is 2.76. The van der Waals surface area contributed by atoms with Gasteiger partial charge >= 0.3 is 0 Å². The molecule has 8 saturated carbocycles. The number of Topliss-reactive ketones (excluding diaryl/α,β-unsaturated/α-hetero) is 3. The first kappa shape index (κ1) is 56.7. The Morgan fingerprint density at radius 3 is 1.71 bits per heavy atom. The Morgan fingerprint density at radius 1 is 0.537 bits per heavy atom. The summed E-state index contributed by atoms with van der Waals surface area (Å²) in [6, 6.07) is 17.0. The second-order valence-electron chi connectivity index (χ2n) is 29.4. The van der Waals surface area contributed by atoms with Gasteiger partial charge in [-0.15, -0.1) is 0 Å². The van der Waals surface area contributed by atoms with Crippen molar-refractivity contribution in [1.82, 2.24) is 0 Å². The average molecular weight is 1090 g/mol. The maximum absolute atomic E-state index is 13.1. The van der Waals surface area contributed by atoms with Gasteiger partial charge in [0.1, 0.15) is 34.6 Å². The number of allylic oxidation sites excluding steroid dienone is 4. The van der Waals surface area contributed by atoms with E-state index < -0.39 is 16.6 Å². The minimum absolute atomic E-state index is 0. The third kappa shape index (κ3) is 7.38. The molecule has 3 spiro atoms. The number of phenols is 3. The predicted octanol–water partition coefficient (Wildman–Crippen LogP) is 14.8. The van der Waals surface area contributed by atoms with Gasteiger partial charge in [0, 0.05) is 46.8 Å². The molecular weight excluding hydrogens is 1000 g/mol. The molecule has 3 unspecified atom stereocenters. The smallest absolute Gasteiger partial charge is 0.143 e. The Labute approximate surface area is 474 Å². The summed E-state index contributed by atoms with van der Waals surface area (Å²) in [7, 11) is 0. The van der Waals surface area contributed by atoms with Gasteiger partial charge in [0.25, 0.3) is 0 Å². The van der Waals surface area contributed by atoms with Crippen LogP contribution in [0.3, 0.4) is 0 Å². The number of phenolic OH excluding ortho intramolecular Hbond substituents is 3. The van der Waals surface area contributed by atoms with Gasteiger partial charge in [-0.2, -0.15) is 0 Å². The number of carbonyl (C=O) groups is 3. The lowest BCUT2D eigenvalue weighted by atomic mass is 9.45. The van der Waals surface area contributed by atoms with Crippen LogP contribution in [0, 0.1) is 50.2 Å². The quantitative estimate of drug-likeness (QED) is 0.107. The number of aliphatic hydroxyl groups is 1. The van der Waals surface area contributed by atoms with Gasteiger partial charge in [0.05, 0.1) is 16.6 Å². The van der Waals surface area contributed by atoms with Gasteiger partial charge in [0.2, 0.25) is 0 Å². The van der Waals surface area contributed by atoms with E-state index in [1.165, 1.54) is 35.1 Å². The number of carbonyl (C=O) groups excluding carboxylic acids is 3. The molecule has 12 aliphatic rings. The normalized spacial score (nSPS) is 41.1. The molecule has 0 heterocycles. The molecule has 6 N–H and O–H groups in total. The second kappa shape index (κ2) is 18.4. The molecule has 10 nitrogen and oxygen atoms in total. The van der Waals surface area contributed by atoms with Crippen LogP contribution < -0.4 is 0 Å². The molecule has 10 heteroatoms. The van der Waals surface area contributed by atoms with Crippen LogP contribution in [0.4, 0.5) is 0 Å². The zero-order valence-corrected chi connectivity index (χ0v) is 48.9. The standard InChI is InChI=1S/C22H26O3.C22H26O2.C22H24O2.C4H10O2.H2O/c1-19-8-6-17-21(19,18(24)7-9-19)12-11-20(2)16-4-3-15(23)13-14(16)5-10-22(17,20)25;2*1-20-9-7-18-17-5-3-14-13-15(23)4-6-16(14)21(17,2)11-12-22(18,20)19(24)8-10-20;1-4(2,3)6-5;/h3-5,10,13,17,23,25H,6-9,11-12H2,1-2H3;3-6,13,17-18,23H,7-12H2,1-2H3;3-6,13,23H,7-12H2,1-2H3;5H,1-3H3;1H2/p-1/t17?,19-,20+,21+,22+;17?,18?,20-,21+,22+;20-,21+,22+;;/m000../s1. The highest BCUT2D eigenvalue weighted by Gasteiger charge is 2.74. The molecule has 428 valence electrons. The van der Waals surface area contributed by atoms with Gasteiger partial charge in [-0.05, 0) is 226 Å². The van der Waals surface area contributed by atoms with Crippen molar-refractivity contribution in [2.45, 2.75) is 205 Å². The van der Waals surface area contributed by atoms with E-state index in [2.05, 4.69) is 82.9 Å². The van der Waals surface area contributed by atoms with Crippen molar-refractivity contribution in [1.29, 1.82) is 0 Å². The molecule has 80 heavy (non-hydrogen) atoms. The summed E-state index contributed by atoms with van der Waals surface area (Å²) < 4.78 is 0. The highest BCUT2D eigenvalue weighted by atomic mass is 17.1. The predicted molar refractivity (Wildman–Crippen MR) is 311 cm³/mol. The van der Waals surface area contributed by atoms with Gasteiger partial charge in [-0.3, -0.25) is 19.6 Å². The van der Waals surface area contributed by atoms with E-state index >= 15 is 0 Å². The molecule has 0 saturated heterocycles. The van der Waals surface area contributed by atoms with Crippen molar-refractivity contribution in [3.63, 3.8) is 0 Å². The largest absolute Gasteiger partial charge is 0.870 e. The fraction of sp³-hybridized carbons (Fsp3) is 0.586. The zero-order chi connectivity index (χ0) is 56.4. The second-order valence-corrected chi connectivity index (χ2v) is 29.4. The molecule has 13 atom stereocenters. The van der Waals surface area contributed by atoms with E-state index in [0.29, 0.717) is 47.1 Å². The SMILES string of the molecule is CC(C)(C)OO.C[C@]12CCC(=O)[C@]13CC[C@@]1(C)C(=C3CC2)C=Cc2cc(O)ccc21.C[C@]12CCC(=O)[C@]13CC[C@]1(C)c4ccc(O)cc4C=CC1C3CC2.C[C@]12CCC(=O)[C@]13CC[C@]1(C)c4ccc(O)cc4C=C[C@@]1(O)C3CC2.[OH-]. The number of rotatable bonds is 0. The minimum atomic E-state index is -0.993. The van der Waals surface area contributed by atoms with E-state index in [0.717, 1.165) is 119 Å². The van der Waals surface area contributed by atoms with E-state index in [-0.39, 0.29) is 60.5 Å². The molecule has 0 aromatic heterocycles. The summed E-state index contributed by atoms with van der Waals surface area (Å²) in [5.41, 5.74) is 8.02. The monoisotopic (exact) mass is 1090 g/mol. The molecule has 3 aromatic carbocycles. The highest BCUT2D eigenvalue weighted by molar-refractivity contribution is 5.94. The topological polar surface area (TPSA) is 192 Å². The third-order valence-electron chi connectivity index (χ3n) is 25.2. The lowest BCUT2D eigenvalue weighted by Crippen LogP contribution is -2.64. The van der Waals surface area contributed by atoms with Crippen molar-refractivity contribution in [3.8, 4) is 17.2 Å². The first-order chi connectivity index (χ1) is 37.1. The number of hydrogen-bond donors (Lipinski definition) is 5. The van der Waals surface area contributed by atoms with Crippen molar-refractivity contribution < 1.29 is 50.4 Å². The van der Waals surface area contributed by atoms with Gasteiger partial charge in [-0.25, -0.2) is 4.89 Å². The fourth-order valence-corrected chi connectivity index (χ4v) is 20.7. The lowest BCUT2D eigenvalue weighted by Gasteiger charge is -2.60.